The first-order valence-electron chi connectivity index (χ1n) is 5.64. The zero-order chi connectivity index (χ0) is 12.7. The molecule has 0 aliphatic rings. The molecule has 1 rings (SSSR count). The molecule has 2 N–H and O–H groups in total. The van der Waals surface area contributed by atoms with E-state index in [1.165, 1.54) is 4.88 Å². The van der Waals surface area contributed by atoms with Crippen LogP contribution in [0.3, 0.4) is 0 Å². The second-order valence-electron chi connectivity index (χ2n) is 4.11. The number of carbonyl (C=O) groups excluding carboxylic acids is 1. The van der Waals surface area contributed by atoms with Gasteiger partial charge in [0.1, 0.15) is 0 Å². The molecule has 96 valence electrons. The highest BCUT2D eigenvalue weighted by molar-refractivity contribution is 7.99. The molecule has 1 aromatic heterocycles. The maximum Gasteiger partial charge on any atom is 0.230 e. The molecule has 0 aliphatic heterocycles. The summed E-state index contributed by atoms with van der Waals surface area (Å²) >= 11 is 3.22. The Hall–Kier alpha value is -0.520. The first-order valence-corrected chi connectivity index (χ1v) is 7.68. The minimum atomic E-state index is 0.0565. The van der Waals surface area contributed by atoms with E-state index in [0.717, 1.165) is 5.75 Å². The van der Waals surface area contributed by atoms with Gasteiger partial charge in [0.15, 0.2) is 0 Å². The van der Waals surface area contributed by atoms with Crippen molar-refractivity contribution in [3.63, 3.8) is 0 Å². The SMILES string of the molecule is CC(CO)CSCC(=O)NC(C)c1cccs1. The minimum Gasteiger partial charge on any atom is -0.396 e. The number of nitrogens with one attached hydrogen (secondary N) is 1. The smallest absolute Gasteiger partial charge is 0.230 e. The highest BCUT2D eigenvalue weighted by atomic mass is 32.2. The van der Waals surface area contributed by atoms with E-state index in [-0.39, 0.29) is 24.5 Å². The van der Waals surface area contributed by atoms with Crippen molar-refractivity contribution in [2.75, 3.05) is 18.1 Å². The largest absolute Gasteiger partial charge is 0.396 e. The Bertz CT molecular complexity index is 327. The predicted molar refractivity (Wildman–Crippen MR) is 74.5 cm³/mol. The first-order chi connectivity index (χ1) is 8.13. The van der Waals surface area contributed by atoms with Gasteiger partial charge in [0.2, 0.25) is 5.91 Å². The molecule has 0 radical (unpaired) electrons. The van der Waals surface area contributed by atoms with Gasteiger partial charge in [-0.3, -0.25) is 4.79 Å². The monoisotopic (exact) mass is 273 g/mol. The fourth-order valence-electron chi connectivity index (χ4n) is 1.30. The summed E-state index contributed by atoms with van der Waals surface area (Å²) in [5.41, 5.74) is 0. The third-order valence-corrected chi connectivity index (χ3v) is 4.62. The third-order valence-electron chi connectivity index (χ3n) is 2.29. The van der Waals surface area contributed by atoms with Gasteiger partial charge in [-0.2, -0.15) is 11.8 Å². The van der Waals surface area contributed by atoms with Crippen molar-refractivity contribution in [1.82, 2.24) is 5.32 Å². The molecular formula is C12H19NO2S2. The van der Waals surface area contributed by atoms with Crippen LogP contribution in [0.25, 0.3) is 0 Å². The average molecular weight is 273 g/mol. The van der Waals surface area contributed by atoms with E-state index in [0.29, 0.717) is 5.75 Å². The van der Waals surface area contributed by atoms with Crippen LogP contribution in [0.1, 0.15) is 24.8 Å². The van der Waals surface area contributed by atoms with E-state index in [2.05, 4.69) is 5.32 Å². The summed E-state index contributed by atoms with van der Waals surface area (Å²) in [6.07, 6.45) is 0. The lowest BCUT2D eigenvalue weighted by atomic mass is 10.2. The second kappa shape index (κ2) is 7.74. The van der Waals surface area contributed by atoms with Gasteiger partial charge < -0.3 is 10.4 Å². The Morgan fingerprint density at radius 3 is 2.94 bits per heavy atom. The summed E-state index contributed by atoms with van der Waals surface area (Å²) in [7, 11) is 0. The lowest BCUT2D eigenvalue weighted by Gasteiger charge is -2.12. The van der Waals surface area contributed by atoms with Gasteiger partial charge >= 0.3 is 0 Å². The maximum absolute atomic E-state index is 11.6. The standard InChI is InChI=1S/C12H19NO2S2/c1-9(6-14)7-16-8-12(15)13-10(2)11-4-3-5-17-11/h3-5,9-10,14H,6-8H2,1-2H3,(H,13,15). The topological polar surface area (TPSA) is 49.3 Å². The number of amides is 1. The van der Waals surface area contributed by atoms with E-state index in [9.17, 15) is 4.79 Å². The van der Waals surface area contributed by atoms with E-state index < -0.39 is 0 Å². The predicted octanol–water partition coefficient (Wildman–Crippen LogP) is 2.29. The number of carbonyl (C=O) groups is 1. The Kier molecular flexibility index (Phi) is 6.62. The van der Waals surface area contributed by atoms with Crippen LogP contribution in [0.4, 0.5) is 0 Å². The Morgan fingerprint density at radius 1 is 1.59 bits per heavy atom. The van der Waals surface area contributed by atoms with Crippen LogP contribution in [-0.4, -0.2) is 29.1 Å². The van der Waals surface area contributed by atoms with Crippen molar-refractivity contribution < 1.29 is 9.90 Å². The molecule has 2 atom stereocenters. The highest BCUT2D eigenvalue weighted by Gasteiger charge is 2.10. The van der Waals surface area contributed by atoms with Gasteiger partial charge in [-0.15, -0.1) is 11.3 Å². The van der Waals surface area contributed by atoms with Crippen molar-refractivity contribution in [3.05, 3.63) is 22.4 Å². The van der Waals surface area contributed by atoms with Crippen LogP contribution in [0.5, 0.6) is 0 Å². The van der Waals surface area contributed by atoms with Gasteiger partial charge in [-0.1, -0.05) is 13.0 Å². The highest BCUT2D eigenvalue weighted by Crippen LogP contribution is 2.18. The lowest BCUT2D eigenvalue weighted by molar-refractivity contribution is -0.119. The molecular weight excluding hydrogens is 254 g/mol. The zero-order valence-corrected chi connectivity index (χ0v) is 11.8. The summed E-state index contributed by atoms with van der Waals surface area (Å²) in [5.74, 6) is 1.58. The summed E-state index contributed by atoms with van der Waals surface area (Å²) in [5, 5.41) is 13.8. The summed E-state index contributed by atoms with van der Waals surface area (Å²) in [6.45, 7) is 4.14. The van der Waals surface area contributed by atoms with E-state index in [1.807, 2.05) is 31.4 Å². The molecule has 1 heterocycles. The molecule has 1 aromatic rings. The number of rotatable bonds is 7. The van der Waals surface area contributed by atoms with Gasteiger partial charge in [0.05, 0.1) is 11.8 Å². The van der Waals surface area contributed by atoms with Crippen molar-refractivity contribution >= 4 is 29.0 Å². The van der Waals surface area contributed by atoms with Gasteiger partial charge in [0.25, 0.3) is 0 Å². The summed E-state index contributed by atoms with van der Waals surface area (Å²) in [6, 6.07) is 4.09. The number of hydrogen-bond donors (Lipinski definition) is 2. The fourth-order valence-corrected chi connectivity index (χ4v) is 2.93. The zero-order valence-electron chi connectivity index (χ0n) is 10.2. The van der Waals surface area contributed by atoms with Crippen molar-refractivity contribution in [2.45, 2.75) is 19.9 Å². The molecule has 0 saturated carbocycles. The average Bonchev–Trinajstić information content (AvgIpc) is 2.82. The fraction of sp³-hybridized carbons (Fsp3) is 0.583. The molecule has 1 amide bonds. The van der Waals surface area contributed by atoms with Crippen molar-refractivity contribution in [2.24, 2.45) is 5.92 Å². The molecule has 3 nitrogen and oxygen atoms in total. The molecule has 0 saturated heterocycles. The summed E-state index contributed by atoms with van der Waals surface area (Å²) in [4.78, 5) is 12.8. The van der Waals surface area contributed by atoms with Crippen molar-refractivity contribution in [1.29, 1.82) is 0 Å². The molecule has 0 spiro atoms. The second-order valence-corrected chi connectivity index (χ2v) is 6.12. The van der Waals surface area contributed by atoms with E-state index in [4.69, 9.17) is 5.11 Å². The molecule has 5 heteroatoms. The van der Waals surface area contributed by atoms with Crippen LogP contribution in [0, 0.1) is 5.92 Å². The van der Waals surface area contributed by atoms with Crippen LogP contribution in [0.15, 0.2) is 17.5 Å². The van der Waals surface area contributed by atoms with Crippen LogP contribution < -0.4 is 5.32 Å². The maximum atomic E-state index is 11.6. The summed E-state index contributed by atoms with van der Waals surface area (Å²) < 4.78 is 0. The van der Waals surface area contributed by atoms with Crippen molar-refractivity contribution in [3.8, 4) is 0 Å². The quantitative estimate of drug-likeness (QED) is 0.801. The normalized spacial score (nSPS) is 14.3. The van der Waals surface area contributed by atoms with Crippen LogP contribution >= 0.6 is 23.1 Å². The van der Waals surface area contributed by atoms with E-state index in [1.54, 1.807) is 23.1 Å². The van der Waals surface area contributed by atoms with Gasteiger partial charge in [-0.25, -0.2) is 0 Å². The van der Waals surface area contributed by atoms with Gasteiger partial charge in [-0.05, 0) is 30.0 Å². The number of aliphatic hydroxyl groups is 1. The minimum absolute atomic E-state index is 0.0565. The Balaban J connectivity index is 2.21. The third kappa shape index (κ3) is 5.57. The molecule has 0 bridgehead atoms. The molecule has 17 heavy (non-hydrogen) atoms. The van der Waals surface area contributed by atoms with Gasteiger partial charge in [0, 0.05) is 11.5 Å². The molecule has 0 aromatic carbocycles. The molecule has 2 unspecified atom stereocenters. The number of thioether (sulfide) groups is 1. The number of aliphatic hydroxyl groups excluding tert-OH is 1. The van der Waals surface area contributed by atoms with E-state index >= 15 is 0 Å². The Morgan fingerprint density at radius 2 is 2.35 bits per heavy atom. The first kappa shape index (κ1) is 14.5. The lowest BCUT2D eigenvalue weighted by Crippen LogP contribution is -2.28. The number of thiophene rings is 1. The number of hydrogen-bond acceptors (Lipinski definition) is 4. The molecule has 0 fully saturated rings. The molecule has 0 aliphatic carbocycles. The van der Waals surface area contributed by atoms with Crippen LogP contribution in [0.2, 0.25) is 0 Å². The van der Waals surface area contributed by atoms with Crippen LogP contribution in [-0.2, 0) is 4.79 Å². The Labute approximate surface area is 111 Å².